The van der Waals surface area contributed by atoms with Crippen molar-refractivity contribution in [2.24, 2.45) is 23.7 Å². The summed E-state index contributed by atoms with van der Waals surface area (Å²) in [6.45, 7) is 6.09. The molecule has 5 heteroatoms. The first kappa shape index (κ1) is 18.8. The third-order valence-corrected chi connectivity index (χ3v) is 7.03. The van der Waals surface area contributed by atoms with Crippen LogP contribution in [0.25, 0.3) is 0 Å². The highest BCUT2D eigenvalue weighted by Gasteiger charge is 2.60. The Labute approximate surface area is 175 Å². The SMILES string of the molecule is CC1=C[C@H]2C[C@H]1[C@H]1C(=O)N(c3ccc(C(=O)Nc4ccc(C)c(C)c4)cc3)C(=O)[C@@H]12. The first-order valence-corrected chi connectivity index (χ1v) is 10.4. The first-order valence-electron chi connectivity index (χ1n) is 10.4. The maximum absolute atomic E-state index is 13.1. The smallest absolute Gasteiger partial charge is 0.255 e. The quantitative estimate of drug-likeness (QED) is 0.618. The molecule has 1 aliphatic heterocycles. The molecule has 30 heavy (non-hydrogen) atoms. The van der Waals surface area contributed by atoms with Crippen molar-refractivity contribution in [2.45, 2.75) is 27.2 Å². The minimum Gasteiger partial charge on any atom is -0.322 e. The lowest BCUT2D eigenvalue weighted by atomic mass is 9.82. The van der Waals surface area contributed by atoms with Gasteiger partial charge in [-0.3, -0.25) is 19.3 Å². The summed E-state index contributed by atoms with van der Waals surface area (Å²) in [4.78, 5) is 40.0. The van der Waals surface area contributed by atoms with Crippen LogP contribution < -0.4 is 10.2 Å². The average molecular weight is 400 g/mol. The zero-order valence-electron chi connectivity index (χ0n) is 17.3. The number of carbonyl (C=O) groups excluding carboxylic acids is 3. The van der Waals surface area contributed by atoms with Gasteiger partial charge in [-0.25, -0.2) is 0 Å². The van der Waals surface area contributed by atoms with Crippen molar-refractivity contribution in [3.05, 3.63) is 70.8 Å². The summed E-state index contributed by atoms with van der Waals surface area (Å²) in [5.41, 5.74) is 5.28. The molecule has 2 aliphatic carbocycles. The van der Waals surface area contributed by atoms with Crippen LogP contribution in [0.4, 0.5) is 11.4 Å². The monoisotopic (exact) mass is 400 g/mol. The number of aryl methyl sites for hydroxylation is 2. The molecule has 1 N–H and O–H groups in total. The lowest BCUT2D eigenvalue weighted by Crippen LogP contribution is -2.33. The highest BCUT2D eigenvalue weighted by Crippen LogP contribution is 2.55. The Morgan fingerprint density at radius 3 is 2.33 bits per heavy atom. The number of rotatable bonds is 3. The molecule has 152 valence electrons. The second-order valence-electron chi connectivity index (χ2n) is 8.78. The molecule has 1 saturated carbocycles. The van der Waals surface area contributed by atoms with Crippen molar-refractivity contribution in [3.8, 4) is 0 Å². The molecule has 0 unspecified atom stereocenters. The number of hydrogen-bond donors (Lipinski definition) is 1. The van der Waals surface area contributed by atoms with Crippen molar-refractivity contribution in [1.29, 1.82) is 0 Å². The van der Waals surface area contributed by atoms with Gasteiger partial charge in [0.25, 0.3) is 5.91 Å². The molecule has 2 fully saturated rings. The number of anilines is 2. The van der Waals surface area contributed by atoms with Crippen LogP contribution in [0.15, 0.2) is 54.1 Å². The van der Waals surface area contributed by atoms with Crippen molar-refractivity contribution in [2.75, 3.05) is 10.2 Å². The van der Waals surface area contributed by atoms with E-state index >= 15 is 0 Å². The molecular weight excluding hydrogens is 376 g/mol. The molecule has 0 aromatic heterocycles. The fourth-order valence-electron chi connectivity index (χ4n) is 5.31. The van der Waals surface area contributed by atoms with E-state index in [4.69, 9.17) is 0 Å². The Kier molecular flexibility index (Phi) is 4.17. The summed E-state index contributed by atoms with van der Waals surface area (Å²) < 4.78 is 0. The molecule has 2 aromatic carbocycles. The van der Waals surface area contributed by atoms with Crippen LogP contribution in [0.1, 0.15) is 34.8 Å². The van der Waals surface area contributed by atoms with Gasteiger partial charge in [0.2, 0.25) is 11.8 Å². The molecule has 3 amide bonds. The summed E-state index contributed by atoms with van der Waals surface area (Å²) in [7, 11) is 0. The summed E-state index contributed by atoms with van der Waals surface area (Å²) >= 11 is 0. The number of nitrogens with zero attached hydrogens (tertiary/aromatic N) is 1. The lowest BCUT2D eigenvalue weighted by Gasteiger charge is -2.19. The topological polar surface area (TPSA) is 66.5 Å². The fourth-order valence-corrected chi connectivity index (χ4v) is 5.31. The third kappa shape index (κ3) is 2.72. The maximum Gasteiger partial charge on any atom is 0.255 e. The second-order valence-corrected chi connectivity index (χ2v) is 8.78. The number of allylic oxidation sites excluding steroid dienone is 2. The molecule has 1 saturated heterocycles. The molecular formula is C25H24N2O3. The second kappa shape index (κ2) is 6.66. The van der Waals surface area contributed by atoms with Gasteiger partial charge in [-0.2, -0.15) is 0 Å². The molecule has 1 heterocycles. The molecule has 5 rings (SSSR count). The van der Waals surface area contributed by atoms with E-state index in [1.165, 1.54) is 16.0 Å². The maximum atomic E-state index is 13.1. The Balaban J connectivity index is 1.34. The summed E-state index contributed by atoms with van der Waals surface area (Å²) in [5.74, 6) is -0.488. The molecule has 5 nitrogen and oxygen atoms in total. The van der Waals surface area contributed by atoms with Gasteiger partial charge in [0.05, 0.1) is 17.5 Å². The number of hydrogen-bond acceptors (Lipinski definition) is 3. The van der Waals surface area contributed by atoms with E-state index in [0.717, 1.165) is 17.7 Å². The van der Waals surface area contributed by atoms with Crippen LogP contribution >= 0.6 is 0 Å². The number of fused-ring (bicyclic) bond motifs is 5. The van der Waals surface area contributed by atoms with E-state index in [0.29, 0.717) is 11.3 Å². The number of amides is 3. The number of carbonyl (C=O) groups is 3. The van der Waals surface area contributed by atoms with E-state index in [9.17, 15) is 14.4 Å². The van der Waals surface area contributed by atoms with Crippen LogP contribution in [0.2, 0.25) is 0 Å². The van der Waals surface area contributed by atoms with Crippen molar-refractivity contribution in [1.82, 2.24) is 0 Å². The molecule has 2 aromatic rings. The van der Waals surface area contributed by atoms with Gasteiger partial charge in [0.15, 0.2) is 0 Å². The largest absolute Gasteiger partial charge is 0.322 e. The van der Waals surface area contributed by atoms with Gasteiger partial charge < -0.3 is 5.32 Å². The van der Waals surface area contributed by atoms with Crippen molar-refractivity contribution in [3.63, 3.8) is 0 Å². The Hall–Kier alpha value is -3.21. The van der Waals surface area contributed by atoms with Crippen LogP contribution in [-0.4, -0.2) is 17.7 Å². The summed E-state index contributed by atoms with van der Waals surface area (Å²) in [6.07, 6.45) is 3.09. The average Bonchev–Trinajstić information content (AvgIpc) is 3.35. The van der Waals surface area contributed by atoms with Gasteiger partial charge in [-0.1, -0.05) is 17.7 Å². The van der Waals surface area contributed by atoms with E-state index in [2.05, 4.69) is 18.3 Å². The molecule has 2 bridgehead atoms. The third-order valence-electron chi connectivity index (χ3n) is 7.03. The van der Waals surface area contributed by atoms with Crippen LogP contribution in [-0.2, 0) is 9.59 Å². The van der Waals surface area contributed by atoms with Crippen LogP contribution in [0, 0.1) is 37.5 Å². The summed E-state index contributed by atoms with van der Waals surface area (Å²) in [6, 6.07) is 12.5. The van der Waals surface area contributed by atoms with Crippen molar-refractivity contribution >= 4 is 29.1 Å². The predicted molar refractivity (Wildman–Crippen MR) is 115 cm³/mol. The zero-order chi connectivity index (χ0) is 21.2. The molecule has 0 spiro atoms. The van der Waals surface area contributed by atoms with E-state index in [1.54, 1.807) is 24.3 Å². The Morgan fingerprint density at radius 1 is 0.933 bits per heavy atom. The minimum absolute atomic E-state index is 0.0997. The van der Waals surface area contributed by atoms with E-state index < -0.39 is 0 Å². The lowest BCUT2D eigenvalue weighted by molar-refractivity contribution is -0.123. The van der Waals surface area contributed by atoms with Gasteiger partial charge in [-0.15, -0.1) is 0 Å². The standard InChI is InChI=1S/C25H24N2O3/c1-13-4-7-18(11-14(13)2)26-23(28)16-5-8-19(9-6-16)27-24(29)21-17-10-15(3)20(12-17)22(21)25(27)30/h4-11,17,20-22H,12H2,1-3H3,(H,26,28)/t17-,20+,21+,22+/m0/s1. The first-order chi connectivity index (χ1) is 14.3. The molecule has 0 radical (unpaired) electrons. The van der Waals surface area contributed by atoms with E-state index in [1.807, 2.05) is 32.0 Å². The Morgan fingerprint density at radius 2 is 1.63 bits per heavy atom. The fraction of sp³-hybridized carbons (Fsp3) is 0.320. The highest BCUT2D eigenvalue weighted by molar-refractivity contribution is 6.23. The summed E-state index contributed by atoms with van der Waals surface area (Å²) in [5, 5.41) is 2.90. The van der Waals surface area contributed by atoms with Gasteiger partial charge in [0, 0.05) is 11.3 Å². The number of imide groups is 1. The number of nitrogens with one attached hydrogen (secondary N) is 1. The number of benzene rings is 2. The normalized spacial score (nSPS) is 26.8. The van der Waals surface area contributed by atoms with E-state index in [-0.39, 0.29) is 41.4 Å². The van der Waals surface area contributed by atoms with Gasteiger partial charge in [0.1, 0.15) is 0 Å². The minimum atomic E-state index is -0.224. The van der Waals surface area contributed by atoms with Gasteiger partial charge >= 0.3 is 0 Å². The highest BCUT2D eigenvalue weighted by atomic mass is 16.2. The molecule has 4 atom stereocenters. The van der Waals surface area contributed by atoms with Crippen LogP contribution in [0.3, 0.4) is 0 Å². The van der Waals surface area contributed by atoms with Crippen LogP contribution in [0.5, 0.6) is 0 Å². The molecule has 3 aliphatic rings. The predicted octanol–water partition coefficient (Wildman–Crippen LogP) is 4.26. The Bertz CT molecular complexity index is 1120. The van der Waals surface area contributed by atoms with Crippen molar-refractivity contribution < 1.29 is 14.4 Å². The van der Waals surface area contributed by atoms with Gasteiger partial charge in [-0.05, 0) is 86.6 Å². The zero-order valence-corrected chi connectivity index (χ0v) is 17.3.